The van der Waals surface area contributed by atoms with Crippen molar-refractivity contribution in [2.24, 2.45) is 5.16 Å². The molecule has 6 nitrogen and oxygen atoms in total. The highest BCUT2D eigenvalue weighted by molar-refractivity contribution is 7.18. The Labute approximate surface area is 197 Å². The Morgan fingerprint density at radius 3 is 2.75 bits per heavy atom. The number of ether oxygens (including phenoxy) is 1. The number of amidine groups is 1. The fourth-order valence-corrected chi connectivity index (χ4v) is 5.08. The van der Waals surface area contributed by atoms with E-state index in [1.54, 1.807) is 17.0 Å². The zero-order valence-electron chi connectivity index (χ0n) is 18.4. The van der Waals surface area contributed by atoms with Gasteiger partial charge in [0.15, 0.2) is 5.78 Å². The molecule has 0 spiro atoms. The first-order valence-electron chi connectivity index (χ1n) is 11.0. The normalized spacial score (nSPS) is 18.3. The van der Waals surface area contributed by atoms with Crippen molar-refractivity contribution in [1.29, 1.82) is 5.41 Å². The zero-order chi connectivity index (χ0) is 22.7. The van der Waals surface area contributed by atoms with Crippen LogP contribution in [0.4, 0.5) is 0 Å². The molecule has 1 aromatic heterocycles. The smallest absolute Gasteiger partial charge is 0.172 e. The van der Waals surface area contributed by atoms with E-state index in [-0.39, 0.29) is 18.0 Å². The standard InChI is InChI=1S/C24H28ClN3O3S/c1-28(2)24(26)15-7-9-18(21(13-15)30-16-5-3-4-6-16)19-14-17(31-27-19)8-10-20(29)22-11-12-23(25)32-22/h7,9,11-13,16-17,26H,3-6,8,10,14H2,1-2H3. The highest BCUT2D eigenvalue weighted by atomic mass is 35.5. The van der Waals surface area contributed by atoms with Crippen LogP contribution in [0.25, 0.3) is 0 Å². The second kappa shape index (κ2) is 10.0. The average Bonchev–Trinajstić information content (AvgIpc) is 3.54. The van der Waals surface area contributed by atoms with Gasteiger partial charge in [0, 0.05) is 38.1 Å². The van der Waals surface area contributed by atoms with Crippen molar-refractivity contribution < 1.29 is 14.4 Å². The number of Topliss-reactive ketones (excluding diaryl/α,β-unsaturated/α-hetero) is 1. The molecule has 0 radical (unpaired) electrons. The Bertz CT molecular complexity index is 1030. The van der Waals surface area contributed by atoms with Crippen LogP contribution < -0.4 is 4.74 Å². The van der Waals surface area contributed by atoms with Gasteiger partial charge in [-0.15, -0.1) is 11.3 Å². The first-order valence-corrected chi connectivity index (χ1v) is 12.2. The van der Waals surface area contributed by atoms with Crippen LogP contribution in [-0.4, -0.2) is 48.5 Å². The molecule has 1 aromatic carbocycles. The van der Waals surface area contributed by atoms with Crippen molar-refractivity contribution in [2.75, 3.05) is 14.1 Å². The van der Waals surface area contributed by atoms with Crippen LogP contribution in [0.15, 0.2) is 35.5 Å². The Morgan fingerprint density at radius 2 is 2.06 bits per heavy atom. The number of nitrogens with one attached hydrogen (secondary N) is 1. The maximum absolute atomic E-state index is 12.4. The summed E-state index contributed by atoms with van der Waals surface area (Å²) in [5, 5.41) is 12.7. The van der Waals surface area contributed by atoms with Gasteiger partial charge >= 0.3 is 0 Å². The van der Waals surface area contributed by atoms with Gasteiger partial charge in [-0.2, -0.15) is 0 Å². The van der Waals surface area contributed by atoms with Gasteiger partial charge in [-0.05, 0) is 56.4 Å². The Balaban J connectivity index is 1.44. The molecule has 1 fully saturated rings. The highest BCUT2D eigenvalue weighted by Crippen LogP contribution is 2.32. The Hall–Kier alpha value is -2.38. The van der Waals surface area contributed by atoms with Crippen LogP contribution in [0.2, 0.25) is 4.34 Å². The molecule has 0 saturated heterocycles. The lowest BCUT2D eigenvalue weighted by molar-refractivity contribution is 0.0720. The molecule has 2 aliphatic rings. The quantitative estimate of drug-likeness (QED) is 0.300. The van der Waals surface area contributed by atoms with Gasteiger partial charge in [0.25, 0.3) is 0 Å². The second-order valence-electron chi connectivity index (χ2n) is 8.51. The van der Waals surface area contributed by atoms with Crippen molar-refractivity contribution in [1.82, 2.24) is 4.90 Å². The number of hydrogen-bond donors (Lipinski definition) is 1. The fraction of sp³-hybridized carbons (Fsp3) is 0.458. The van der Waals surface area contributed by atoms with Gasteiger partial charge in [-0.25, -0.2) is 0 Å². The van der Waals surface area contributed by atoms with Crippen LogP contribution in [0.1, 0.15) is 65.7 Å². The lowest BCUT2D eigenvalue weighted by atomic mass is 9.99. The minimum Gasteiger partial charge on any atom is -0.490 e. The Morgan fingerprint density at radius 1 is 1.28 bits per heavy atom. The summed E-state index contributed by atoms with van der Waals surface area (Å²) in [6, 6.07) is 9.36. The minimum atomic E-state index is -0.136. The number of halogens is 1. The number of carbonyl (C=O) groups excluding carboxylic acids is 1. The van der Waals surface area contributed by atoms with E-state index in [9.17, 15) is 4.79 Å². The summed E-state index contributed by atoms with van der Waals surface area (Å²) in [6.45, 7) is 0. The molecular formula is C24H28ClN3O3S. The maximum atomic E-state index is 12.4. The molecule has 1 atom stereocenters. The van der Waals surface area contributed by atoms with Gasteiger partial charge in [-0.1, -0.05) is 22.8 Å². The van der Waals surface area contributed by atoms with Crippen LogP contribution in [0.5, 0.6) is 5.75 Å². The van der Waals surface area contributed by atoms with E-state index in [4.69, 9.17) is 26.6 Å². The molecule has 4 rings (SSSR count). The summed E-state index contributed by atoms with van der Waals surface area (Å²) in [7, 11) is 3.72. The van der Waals surface area contributed by atoms with Crippen molar-refractivity contribution in [3.63, 3.8) is 0 Å². The molecule has 0 amide bonds. The summed E-state index contributed by atoms with van der Waals surface area (Å²) in [5.41, 5.74) is 2.55. The maximum Gasteiger partial charge on any atom is 0.172 e. The first kappa shape index (κ1) is 22.8. The van der Waals surface area contributed by atoms with Crippen molar-refractivity contribution in [3.8, 4) is 5.75 Å². The van der Waals surface area contributed by atoms with E-state index in [0.29, 0.717) is 34.3 Å². The summed E-state index contributed by atoms with van der Waals surface area (Å²) in [5.74, 6) is 1.27. The predicted octanol–water partition coefficient (Wildman–Crippen LogP) is 5.77. The SMILES string of the molecule is CN(C)C(=N)c1ccc(C2=NOC(CCC(=O)c3ccc(Cl)s3)C2)c(OC2CCCC2)c1. The third kappa shape index (κ3) is 5.33. The number of hydrogen-bond acceptors (Lipinski definition) is 6. The predicted molar refractivity (Wildman–Crippen MR) is 129 cm³/mol. The highest BCUT2D eigenvalue weighted by Gasteiger charge is 2.27. The van der Waals surface area contributed by atoms with E-state index < -0.39 is 0 Å². The van der Waals surface area contributed by atoms with Gasteiger partial charge in [0.1, 0.15) is 17.7 Å². The number of rotatable bonds is 8. The average molecular weight is 474 g/mol. The van der Waals surface area contributed by atoms with E-state index in [1.807, 2.05) is 32.3 Å². The van der Waals surface area contributed by atoms with Gasteiger partial charge in [0.05, 0.1) is 21.0 Å². The van der Waals surface area contributed by atoms with Crippen molar-refractivity contribution in [2.45, 2.75) is 57.2 Å². The lowest BCUT2D eigenvalue weighted by Gasteiger charge is -2.19. The molecule has 0 bridgehead atoms. The number of ketones is 1. The van der Waals surface area contributed by atoms with Crippen molar-refractivity contribution in [3.05, 3.63) is 50.7 Å². The van der Waals surface area contributed by atoms with Gasteiger partial charge in [-0.3, -0.25) is 10.2 Å². The molecule has 2 aromatic rings. The molecule has 1 saturated carbocycles. The molecule has 170 valence electrons. The molecule has 2 heterocycles. The van der Waals surface area contributed by atoms with Crippen LogP contribution in [0.3, 0.4) is 0 Å². The van der Waals surface area contributed by atoms with E-state index >= 15 is 0 Å². The summed E-state index contributed by atoms with van der Waals surface area (Å²) < 4.78 is 6.99. The molecular weight excluding hydrogens is 446 g/mol. The molecule has 1 N–H and O–H groups in total. The number of benzene rings is 1. The monoisotopic (exact) mass is 473 g/mol. The number of nitrogens with zero attached hydrogens (tertiary/aromatic N) is 2. The second-order valence-corrected chi connectivity index (χ2v) is 10.2. The van der Waals surface area contributed by atoms with Crippen molar-refractivity contribution >= 4 is 40.3 Å². The molecule has 32 heavy (non-hydrogen) atoms. The number of oxime groups is 1. The van der Waals surface area contributed by atoms with Crippen LogP contribution in [0, 0.1) is 5.41 Å². The van der Waals surface area contributed by atoms with Crippen LogP contribution in [-0.2, 0) is 4.84 Å². The molecule has 8 heteroatoms. The van der Waals surface area contributed by atoms with E-state index in [2.05, 4.69) is 5.16 Å². The third-order valence-corrected chi connectivity index (χ3v) is 7.16. The summed E-state index contributed by atoms with van der Waals surface area (Å²) >= 11 is 7.24. The molecule has 1 unspecified atom stereocenters. The topological polar surface area (TPSA) is 75.0 Å². The Kier molecular flexibility index (Phi) is 7.16. The molecule has 1 aliphatic carbocycles. The van der Waals surface area contributed by atoms with Gasteiger partial charge in [0.2, 0.25) is 0 Å². The largest absolute Gasteiger partial charge is 0.490 e. The van der Waals surface area contributed by atoms with E-state index in [0.717, 1.165) is 35.4 Å². The summed E-state index contributed by atoms with van der Waals surface area (Å²) in [4.78, 5) is 20.5. The lowest BCUT2D eigenvalue weighted by Crippen LogP contribution is -2.22. The first-order chi connectivity index (χ1) is 15.4. The molecule has 1 aliphatic heterocycles. The number of carbonyl (C=O) groups is 1. The van der Waals surface area contributed by atoms with Crippen LogP contribution >= 0.6 is 22.9 Å². The third-order valence-electron chi connectivity index (χ3n) is 5.88. The van der Waals surface area contributed by atoms with E-state index in [1.165, 1.54) is 24.2 Å². The number of thiophene rings is 1. The zero-order valence-corrected chi connectivity index (χ0v) is 20.0. The van der Waals surface area contributed by atoms with Gasteiger partial charge < -0.3 is 14.5 Å². The minimum absolute atomic E-state index is 0.0794. The fourth-order valence-electron chi connectivity index (χ4n) is 4.07. The summed E-state index contributed by atoms with van der Waals surface area (Å²) in [6.07, 6.45) is 6.16.